The van der Waals surface area contributed by atoms with Crippen LogP contribution in [0.15, 0.2) is 49.9 Å². The zero-order chi connectivity index (χ0) is 22.1. The summed E-state index contributed by atoms with van der Waals surface area (Å²) < 4.78 is 10.7. The lowest BCUT2D eigenvalue weighted by molar-refractivity contribution is -0.132. The molecule has 0 atom stereocenters. The number of nitrogens with zero attached hydrogens (tertiary/aromatic N) is 4. The highest BCUT2D eigenvalue weighted by molar-refractivity contribution is 6.07. The van der Waals surface area contributed by atoms with Gasteiger partial charge in [0.15, 0.2) is 0 Å². The van der Waals surface area contributed by atoms with Crippen molar-refractivity contribution in [3.63, 3.8) is 0 Å². The van der Waals surface area contributed by atoms with E-state index in [4.69, 9.17) is 9.47 Å². The average molecular weight is 431 g/mol. The van der Waals surface area contributed by atoms with E-state index in [9.17, 15) is 9.59 Å². The normalized spacial score (nSPS) is 22.2. The Hall–Kier alpha value is -2.58. The van der Waals surface area contributed by atoms with Gasteiger partial charge in [-0.25, -0.2) is 4.79 Å². The topological polar surface area (TPSA) is 65.6 Å². The van der Waals surface area contributed by atoms with Gasteiger partial charge in [0.1, 0.15) is 5.54 Å². The molecule has 0 saturated carbocycles. The third kappa shape index (κ3) is 5.37. The van der Waals surface area contributed by atoms with Crippen LogP contribution in [0, 0.1) is 0 Å². The zero-order valence-corrected chi connectivity index (χ0v) is 18.3. The summed E-state index contributed by atoms with van der Waals surface area (Å²) in [6.07, 6.45) is 12.0. The second kappa shape index (κ2) is 11.2. The van der Waals surface area contributed by atoms with Crippen LogP contribution in [-0.4, -0.2) is 103 Å². The molecule has 170 valence electrons. The lowest BCUT2D eigenvalue weighted by Crippen LogP contribution is -2.49. The molecule has 0 spiro atoms. The molecule has 3 saturated heterocycles. The quantitative estimate of drug-likeness (QED) is 0.389. The van der Waals surface area contributed by atoms with Gasteiger partial charge in [-0.1, -0.05) is 12.2 Å². The van der Waals surface area contributed by atoms with E-state index >= 15 is 0 Å². The molecular weight excluding hydrogens is 396 g/mol. The summed E-state index contributed by atoms with van der Waals surface area (Å²) in [4.78, 5) is 34.0. The Morgan fingerprint density at radius 2 is 1.29 bits per heavy atom. The van der Waals surface area contributed by atoms with Crippen LogP contribution in [0.1, 0.15) is 12.8 Å². The summed E-state index contributed by atoms with van der Waals surface area (Å²) in [5.74, 6) is -0.191. The number of urea groups is 1. The van der Waals surface area contributed by atoms with Gasteiger partial charge >= 0.3 is 6.03 Å². The minimum Gasteiger partial charge on any atom is -0.378 e. The molecule has 31 heavy (non-hydrogen) atoms. The van der Waals surface area contributed by atoms with Crippen molar-refractivity contribution in [3.8, 4) is 0 Å². The first-order valence-corrected chi connectivity index (χ1v) is 10.9. The van der Waals surface area contributed by atoms with E-state index in [1.165, 1.54) is 4.90 Å². The van der Waals surface area contributed by atoms with Crippen LogP contribution in [0.2, 0.25) is 0 Å². The largest absolute Gasteiger partial charge is 0.378 e. The lowest BCUT2D eigenvalue weighted by Gasteiger charge is -2.33. The van der Waals surface area contributed by atoms with Crippen molar-refractivity contribution in [2.45, 2.75) is 18.4 Å². The average Bonchev–Trinajstić information content (AvgIpc) is 2.97. The second-order valence-corrected chi connectivity index (χ2v) is 7.89. The maximum absolute atomic E-state index is 13.4. The third-order valence-electron chi connectivity index (χ3n) is 5.89. The number of carbonyl (C=O) groups excluding carboxylic acids is 2. The number of imide groups is 1. The number of hydrogen-bond donors (Lipinski definition) is 0. The van der Waals surface area contributed by atoms with Crippen molar-refractivity contribution < 1.29 is 19.1 Å². The second-order valence-electron chi connectivity index (χ2n) is 7.89. The molecule has 0 aliphatic carbocycles. The Morgan fingerprint density at radius 3 is 1.77 bits per heavy atom. The number of hydrogen-bond acceptors (Lipinski definition) is 6. The van der Waals surface area contributed by atoms with Crippen molar-refractivity contribution in [3.05, 3.63) is 49.9 Å². The summed E-state index contributed by atoms with van der Waals surface area (Å²) in [5, 5.41) is 0. The van der Waals surface area contributed by atoms with E-state index in [1.54, 1.807) is 17.1 Å². The van der Waals surface area contributed by atoms with Crippen LogP contribution >= 0.6 is 0 Å². The van der Waals surface area contributed by atoms with Crippen molar-refractivity contribution in [1.29, 1.82) is 0 Å². The van der Waals surface area contributed by atoms with Gasteiger partial charge in [0.05, 0.1) is 33.0 Å². The van der Waals surface area contributed by atoms with Gasteiger partial charge < -0.3 is 24.2 Å². The number of amides is 3. The standard InChI is InChI=1S/C23H34N4O4/c1-3-7-23(8-4-2)21(28)26(11-5-9-24-13-17-30-18-14-24)22(29)27(23)12-6-10-25-15-19-31-20-16-25/h3-6,9-10H,1-2,7-8,11-20H2. The van der Waals surface area contributed by atoms with Gasteiger partial charge in [-0.3, -0.25) is 9.69 Å². The summed E-state index contributed by atoms with van der Waals surface area (Å²) in [7, 11) is 0. The van der Waals surface area contributed by atoms with Crippen LogP contribution in [0.3, 0.4) is 0 Å². The van der Waals surface area contributed by atoms with Gasteiger partial charge in [-0.2, -0.15) is 0 Å². The van der Waals surface area contributed by atoms with E-state index in [1.807, 2.05) is 24.6 Å². The van der Waals surface area contributed by atoms with Crippen molar-refractivity contribution in [1.82, 2.24) is 19.6 Å². The van der Waals surface area contributed by atoms with E-state index in [0.717, 1.165) is 26.2 Å². The van der Waals surface area contributed by atoms with E-state index in [-0.39, 0.29) is 18.5 Å². The molecule has 8 heteroatoms. The summed E-state index contributed by atoms with van der Waals surface area (Å²) in [5.41, 5.74) is -0.970. The predicted octanol–water partition coefficient (Wildman–Crippen LogP) is 1.83. The first kappa shape index (κ1) is 23.1. The van der Waals surface area contributed by atoms with Crippen LogP contribution in [0.5, 0.6) is 0 Å². The Bertz CT molecular complexity index is 698. The number of carbonyl (C=O) groups is 2. The lowest BCUT2D eigenvalue weighted by atomic mass is 9.89. The Morgan fingerprint density at radius 1 is 0.806 bits per heavy atom. The monoisotopic (exact) mass is 430 g/mol. The molecule has 3 rings (SSSR count). The minimum atomic E-state index is -0.970. The fourth-order valence-electron chi connectivity index (χ4n) is 4.21. The molecule has 3 fully saturated rings. The molecule has 0 unspecified atom stereocenters. The molecule has 0 aromatic carbocycles. The highest BCUT2D eigenvalue weighted by Gasteiger charge is 2.55. The molecule has 0 radical (unpaired) electrons. The smallest absolute Gasteiger partial charge is 0.328 e. The van der Waals surface area contributed by atoms with Crippen LogP contribution in [-0.2, 0) is 14.3 Å². The van der Waals surface area contributed by atoms with E-state index in [0.29, 0.717) is 45.8 Å². The van der Waals surface area contributed by atoms with Gasteiger partial charge in [0.25, 0.3) is 5.91 Å². The number of rotatable bonds is 10. The SMILES string of the molecule is C=CCC1(CC=C)C(=O)N(CC=CN2CCOCC2)C(=O)N1CC=CN1CCOCC1. The molecule has 3 amide bonds. The Balaban J connectivity index is 1.73. The van der Waals surface area contributed by atoms with Crippen molar-refractivity contribution in [2.75, 3.05) is 65.7 Å². The molecule has 0 bridgehead atoms. The van der Waals surface area contributed by atoms with Gasteiger partial charge in [-0.05, 0) is 37.4 Å². The minimum absolute atomic E-state index is 0.191. The predicted molar refractivity (Wildman–Crippen MR) is 119 cm³/mol. The van der Waals surface area contributed by atoms with Gasteiger partial charge in [0, 0.05) is 32.7 Å². The molecule has 3 aliphatic rings. The molecule has 0 N–H and O–H groups in total. The maximum atomic E-state index is 13.4. The third-order valence-corrected chi connectivity index (χ3v) is 5.89. The summed E-state index contributed by atoms with van der Waals surface area (Å²) in [6, 6.07) is -0.271. The highest BCUT2D eigenvalue weighted by Crippen LogP contribution is 2.35. The molecule has 8 nitrogen and oxygen atoms in total. The van der Waals surface area contributed by atoms with Crippen molar-refractivity contribution in [2.24, 2.45) is 0 Å². The Kier molecular flexibility index (Phi) is 8.31. The molecular formula is C23H34N4O4. The first-order chi connectivity index (χ1) is 15.1. The maximum Gasteiger partial charge on any atom is 0.328 e. The number of ether oxygens (including phenoxy) is 2. The zero-order valence-electron chi connectivity index (χ0n) is 18.3. The molecule has 0 aromatic heterocycles. The van der Waals surface area contributed by atoms with Gasteiger partial charge in [-0.15, -0.1) is 13.2 Å². The van der Waals surface area contributed by atoms with Crippen LogP contribution in [0.25, 0.3) is 0 Å². The fourth-order valence-corrected chi connectivity index (χ4v) is 4.21. The summed E-state index contributed by atoms with van der Waals surface area (Å²) in [6.45, 7) is 14.3. The molecule has 3 heterocycles. The fraction of sp³-hybridized carbons (Fsp3) is 0.565. The first-order valence-electron chi connectivity index (χ1n) is 10.9. The number of morpholine rings is 2. The molecule has 3 aliphatic heterocycles. The van der Waals surface area contributed by atoms with E-state index in [2.05, 4.69) is 23.0 Å². The van der Waals surface area contributed by atoms with Crippen LogP contribution < -0.4 is 0 Å². The molecule has 0 aromatic rings. The Labute approximate surface area is 185 Å². The van der Waals surface area contributed by atoms with Gasteiger partial charge in [0.2, 0.25) is 0 Å². The van der Waals surface area contributed by atoms with Crippen LogP contribution in [0.4, 0.5) is 4.79 Å². The van der Waals surface area contributed by atoms with E-state index < -0.39 is 5.54 Å². The summed E-state index contributed by atoms with van der Waals surface area (Å²) >= 11 is 0. The van der Waals surface area contributed by atoms with Crippen molar-refractivity contribution >= 4 is 11.9 Å². The highest BCUT2D eigenvalue weighted by atomic mass is 16.5.